The second kappa shape index (κ2) is 13.2. The molecule has 0 aliphatic carbocycles. The van der Waals surface area contributed by atoms with Gasteiger partial charge in [-0.05, 0) is 38.5 Å². The van der Waals surface area contributed by atoms with Gasteiger partial charge >= 0.3 is 0 Å². The third kappa shape index (κ3) is 8.65. The number of piperidine rings is 1. The molecule has 1 heterocycles. The SMILES string of the molecule is CCCCCC(O)/C=C/[C@H]1CCCC(=O)N1C/C=C\CCCCO. The van der Waals surface area contributed by atoms with Gasteiger partial charge in [0.15, 0.2) is 0 Å². The average molecular weight is 338 g/mol. The lowest BCUT2D eigenvalue weighted by atomic mass is 10.00. The van der Waals surface area contributed by atoms with E-state index in [1.54, 1.807) is 0 Å². The lowest BCUT2D eigenvalue weighted by molar-refractivity contribution is -0.134. The number of allylic oxidation sites excluding steroid dienone is 1. The van der Waals surface area contributed by atoms with Crippen LogP contribution in [0.5, 0.6) is 0 Å². The van der Waals surface area contributed by atoms with Gasteiger partial charge in [0.25, 0.3) is 0 Å². The molecule has 1 fully saturated rings. The summed E-state index contributed by atoms with van der Waals surface area (Å²) < 4.78 is 0. The first kappa shape index (κ1) is 20.9. The first-order valence-corrected chi connectivity index (χ1v) is 9.60. The minimum atomic E-state index is -0.399. The predicted molar refractivity (Wildman–Crippen MR) is 98.7 cm³/mol. The van der Waals surface area contributed by atoms with Crippen molar-refractivity contribution in [3.63, 3.8) is 0 Å². The lowest BCUT2D eigenvalue weighted by Gasteiger charge is -2.33. The highest BCUT2D eigenvalue weighted by molar-refractivity contribution is 5.77. The summed E-state index contributed by atoms with van der Waals surface area (Å²) in [5.74, 6) is 0.205. The highest BCUT2D eigenvalue weighted by Gasteiger charge is 2.25. The third-order valence-corrected chi connectivity index (χ3v) is 4.52. The molecule has 0 bridgehead atoms. The fourth-order valence-electron chi connectivity index (χ4n) is 3.02. The molecule has 1 aliphatic rings. The lowest BCUT2D eigenvalue weighted by Crippen LogP contribution is -2.42. The molecule has 0 aromatic rings. The van der Waals surface area contributed by atoms with E-state index in [4.69, 9.17) is 5.11 Å². The topological polar surface area (TPSA) is 60.8 Å². The van der Waals surface area contributed by atoms with Crippen LogP contribution in [0.2, 0.25) is 0 Å². The molecule has 1 unspecified atom stereocenters. The Bertz CT molecular complexity index is 392. The Labute approximate surface area is 147 Å². The van der Waals surface area contributed by atoms with E-state index in [1.807, 2.05) is 17.1 Å². The van der Waals surface area contributed by atoms with Gasteiger partial charge in [-0.1, -0.05) is 50.5 Å². The van der Waals surface area contributed by atoms with E-state index in [0.717, 1.165) is 57.8 Å². The van der Waals surface area contributed by atoms with Crippen molar-refractivity contribution in [2.45, 2.75) is 83.3 Å². The van der Waals surface area contributed by atoms with Crippen LogP contribution >= 0.6 is 0 Å². The van der Waals surface area contributed by atoms with E-state index in [-0.39, 0.29) is 18.6 Å². The Kier molecular flexibility index (Phi) is 11.5. The number of rotatable bonds is 12. The van der Waals surface area contributed by atoms with Gasteiger partial charge in [-0.25, -0.2) is 0 Å². The number of carbonyl (C=O) groups is 1. The van der Waals surface area contributed by atoms with Crippen molar-refractivity contribution in [2.75, 3.05) is 13.2 Å². The number of carbonyl (C=O) groups excluding carboxylic acids is 1. The molecule has 1 amide bonds. The Morgan fingerprint density at radius 2 is 2.08 bits per heavy atom. The first-order chi connectivity index (χ1) is 11.7. The summed E-state index contributed by atoms with van der Waals surface area (Å²) in [6.45, 7) is 3.04. The number of amides is 1. The summed E-state index contributed by atoms with van der Waals surface area (Å²) in [5, 5.41) is 18.8. The molecule has 1 aliphatic heterocycles. The monoisotopic (exact) mass is 337 g/mol. The van der Waals surface area contributed by atoms with E-state index in [1.165, 1.54) is 0 Å². The number of hydrogen-bond acceptors (Lipinski definition) is 3. The fraction of sp³-hybridized carbons (Fsp3) is 0.750. The number of hydrogen-bond donors (Lipinski definition) is 2. The van der Waals surface area contributed by atoms with Gasteiger partial charge in [0.1, 0.15) is 0 Å². The molecule has 0 aromatic heterocycles. The van der Waals surface area contributed by atoms with E-state index >= 15 is 0 Å². The maximum Gasteiger partial charge on any atom is 0.223 e. The van der Waals surface area contributed by atoms with E-state index in [9.17, 15) is 9.90 Å². The standard InChI is InChI=1S/C20H35NO3/c1-2-3-7-12-19(23)15-14-18-11-10-13-20(24)21(18)16-8-5-4-6-9-17-22/h5,8,14-15,18-19,22-23H,2-4,6-7,9-13,16-17H2,1H3/b8-5-,15-14+/t18-,19?/m1/s1. The van der Waals surface area contributed by atoms with E-state index in [0.29, 0.717) is 13.0 Å². The Balaban J connectivity index is 2.45. The Morgan fingerprint density at radius 3 is 2.83 bits per heavy atom. The normalized spacial score (nSPS) is 20.4. The highest BCUT2D eigenvalue weighted by atomic mass is 16.3. The summed E-state index contributed by atoms with van der Waals surface area (Å²) >= 11 is 0. The van der Waals surface area contributed by atoms with Crippen LogP contribution in [-0.4, -0.2) is 46.3 Å². The summed E-state index contributed by atoms with van der Waals surface area (Å²) in [6, 6.07) is 0.106. The molecule has 1 saturated heterocycles. The maximum atomic E-state index is 12.2. The molecule has 0 aromatic carbocycles. The molecule has 4 nitrogen and oxygen atoms in total. The smallest absolute Gasteiger partial charge is 0.223 e. The molecule has 2 atom stereocenters. The second-order valence-electron chi connectivity index (χ2n) is 6.64. The van der Waals surface area contributed by atoms with Crippen molar-refractivity contribution in [3.8, 4) is 0 Å². The zero-order valence-corrected chi connectivity index (χ0v) is 15.2. The minimum Gasteiger partial charge on any atom is -0.396 e. The fourth-order valence-corrected chi connectivity index (χ4v) is 3.02. The van der Waals surface area contributed by atoms with Gasteiger partial charge < -0.3 is 15.1 Å². The Hall–Kier alpha value is -1.13. The van der Waals surface area contributed by atoms with Crippen molar-refractivity contribution in [1.82, 2.24) is 4.90 Å². The number of nitrogens with zero attached hydrogens (tertiary/aromatic N) is 1. The zero-order chi connectivity index (χ0) is 17.6. The molecule has 0 saturated carbocycles. The largest absolute Gasteiger partial charge is 0.396 e. The van der Waals surface area contributed by atoms with Gasteiger partial charge in [0, 0.05) is 19.6 Å². The second-order valence-corrected chi connectivity index (χ2v) is 6.64. The highest BCUT2D eigenvalue weighted by Crippen LogP contribution is 2.20. The number of unbranched alkanes of at least 4 members (excludes halogenated alkanes) is 4. The summed E-state index contributed by atoms with van der Waals surface area (Å²) in [5.41, 5.74) is 0. The van der Waals surface area contributed by atoms with Crippen LogP contribution in [0, 0.1) is 0 Å². The van der Waals surface area contributed by atoms with Crippen LogP contribution in [0.15, 0.2) is 24.3 Å². The van der Waals surface area contributed by atoms with Crippen molar-refractivity contribution in [2.24, 2.45) is 0 Å². The van der Waals surface area contributed by atoms with Crippen LogP contribution in [0.25, 0.3) is 0 Å². The molecular weight excluding hydrogens is 302 g/mol. The van der Waals surface area contributed by atoms with Crippen LogP contribution in [0.1, 0.15) is 71.1 Å². The summed E-state index contributed by atoms with van der Waals surface area (Å²) in [4.78, 5) is 14.1. The minimum absolute atomic E-state index is 0.106. The first-order valence-electron chi connectivity index (χ1n) is 9.60. The number of aliphatic hydroxyl groups excluding tert-OH is 2. The van der Waals surface area contributed by atoms with E-state index in [2.05, 4.69) is 19.1 Å². The molecule has 4 heteroatoms. The maximum absolute atomic E-state index is 12.2. The number of likely N-dealkylation sites (tertiary alicyclic amines) is 1. The van der Waals surface area contributed by atoms with Crippen LogP contribution in [0.4, 0.5) is 0 Å². The van der Waals surface area contributed by atoms with Crippen molar-refractivity contribution >= 4 is 5.91 Å². The number of aliphatic hydroxyl groups is 2. The molecule has 138 valence electrons. The average Bonchev–Trinajstić information content (AvgIpc) is 2.58. The molecule has 24 heavy (non-hydrogen) atoms. The third-order valence-electron chi connectivity index (χ3n) is 4.52. The quantitative estimate of drug-likeness (QED) is 0.423. The zero-order valence-electron chi connectivity index (χ0n) is 15.2. The predicted octanol–water partition coefficient (Wildman–Crippen LogP) is 3.58. The molecule has 0 radical (unpaired) electrons. The van der Waals surface area contributed by atoms with Gasteiger partial charge in [0.2, 0.25) is 5.91 Å². The summed E-state index contributed by atoms with van der Waals surface area (Å²) in [6.07, 6.45) is 17.1. The van der Waals surface area contributed by atoms with Crippen LogP contribution in [0.3, 0.4) is 0 Å². The molecule has 2 N–H and O–H groups in total. The van der Waals surface area contributed by atoms with Gasteiger partial charge in [-0.3, -0.25) is 4.79 Å². The van der Waals surface area contributed by atoms with Gasteiger partial charge in [0.05, 0.1) is 12.1 Å². The van der Waals surface area contributed by atoms with Crippen molar-refractivity contribution in [3.05, 3.63) is 24.3 Å². The van der Waals surface area contributed by atoms with Crippen LogP contribution < -0.4 is 0 Å². The molecule has 0 spiro atoms. The summed E-state index contributed by atoms with van der Waals surface area (Å²) in [7, 11) is 0. The van der Waals surface area contributed by atoms with Gasteiger partial charge in [-0.2, -0.15) is 0 Å². The molecular formula is C20H35NO3. The van der Waals surface area contributed by atoms with Crippen molar-refractivity contribution < 1.29 is 15.0 Å². The van der Waals surface area contributed by atoms with E-state index < -0.39 is 6.10 Å². The molecule has 1 rings (SSSR count). The Morgan fingerprint density at radius 1 is 1.25 bits per heavy atom. The van der Waals surface area contributed by atoms with Crippen molar-refractivity contribution in [1.29, 1.82) is 0 Å². The van der Waals surface area contributed by atoms with Crippen LogP contribution in [-0.2, 0) is 4.79 Å². The van der Waals surface area contributed by atoms with Gasteiger partial charge in [-0.15, -0.1) is 0 Å².